The molecule has 1 fully saturated rings. The van der Waals surface area contributed by atoms with E-state index < -0.39 is 17.6 Å². The first-order valence-electron chi connectivity index (χ1n) is 5.49. The van der Waals surface area contributed by atoms with Crippen LogP contribution in [0.15, 0.2) is 12.1 Å². The zero-order chi connectivity index (χ0) is 12.6. The van der Waals surface area contributed by atoms with Crippen LogP contribution in [0.3, 0.4) is 0 Å². The average molecular weight is 241 g/mol. The predicted molar refractivity (Wildman–Crippen MR) is 59.4 cm³/mol. The summed E-state index contributed by atoms with van der Waals surface area (Å²) >= 11 is 0. The molecule has 0 amide bonds. The molecule has 0 spiro atoms. The third-order valence-electron chi connectivity index (χ3n) is 3.10. The molecule has 1 aliphatic heterocycles. The zero-order valence-electron chi connectivity index (χ0n) is 9.41. The van der Waals surface area contributed by atoms with Gasteiger partial charge in [-0.15, -0.1) is 0 Å². The number of carbonyl (C=O) groups is 1. The molecule has 17 heavy (non-hydrogen) atoms. The van der Waals surface area contributed by atoms with Gasteiger partial charge in [0, 0.05) is 12.6 Å². The highest BCUT2D eigenvalue weighted by atomic mass is 19.1. The minimum Gasteiger partial charge on any atom is -0.478 e. The number of rotatable bonds is 2. The Morgan fingerprint density at radius 1 is 1.41 bits per heavy atom. The Balaban J connectivity index is 2.44. The maximum atomic E-state index is 13.8. The molecule has 1 aromatic carbocycles. The molecule has 0 aromatic heterocycles. The van der Waals surface area contributed by atoms with Gasteiger partial charge >= 0.3 is 5.97 Å². The molecule has 0 aliphatic carbocycles. The van der Waals surface area contributed by atoms with Crippen molar-refractivity contribution < 1.29 is 18.7 Å². The Bertz CT molecular complexity index is 439. The molecule has 0 bridgehead atoms. The van der Waals surface area contributed by atoms with Crippen LogP contribution in [0.1, 0.15) is 30.1 Å². The number of aromatic carboxylic acids is 1. The molecule has 1 aliphatic rings. The molecule has 1 atom stereocenters. The summed E-state index contributed by atoms with van der Waals surface area (Å²) in [5.41, 5.74) is -0.476. The maximum Gasteiger partial charge on any atom is 0.335 e. The van der Waals surface area contributed by atoms with Gasteiger partial charge in [0.05, 0.1) is 5.56 Å². The van der Waals surface area contributed by atoms with Crippen molar-refractivity contribution in [3.05, 3.63) is 29.3 Å². The highest BCUT2D eigenvalue weighted by Crippen LogP contribution is 2.31. The Morgan fingerprint density at radius 3 is 2.41 bits per heavy atom. The van der Waals surface area contributed by atoms with E-state index in [0.29, 0.717) is 6.54 Å². The Labute approximate surface area is 97.7 Å². The maximum absolute atomic E-state index is 13.8. The van der Waals surface area contributed by atoms with Crippen LogP contribution < -0.4 is 4.90 Å². The monoisotopic (exact) mass is 241 g/mol. The van der Waals surface area contributed by atoms with Gasteiger partial charge in [-0.2, -0.15) is 0 Å². The molecule has 1 unspecified atom stereocenters. The van der Waals surface area contributed by atoms with E-state index in [4.69, 9.17) is 5.11 Å². The van der Waals surface area contributed by atoms with Gasteiger partial charge in [-0.05, 0) is 31.9 Å². The molecule has 2 rings (SSSR count). The highest BCUT2D eigenvalue weighted by Gasteiger charge is 2.26. The van der Waals surface area contributed by atoms with E-state index in [1.165, 1.54) is 0 Å². The second-order valence-electron chi connectivity index (χ2n) is 4.28. The van der Waals surface area contributed by atoms with Crippen LogP contribution in [-0.4, -0.2) is 23.7 Å². The smallest absolute Gasteiger partial charge is 0.335 e. The standard InChI is InChI=1S/C12H13F2NO2/c1-7-3-2-4-15(7)11-9(13)5-8(12(16)17)6-10(11)14/h5-7H,2-4H2,1H3,(H,16,17). The lowest BCUT2D eigenvalue weighted by atomic mass is 10.1. The molecular weight excluding hydrogens is 228 g/mol. The van der Waals surface area contributed by atoms with Crippen molar-refractivity contribution >= 4 is 11.7 Å². The molecule has 92 valence electrons. The fourth-order valence-corrected chi connectivity index (χ4v) is 2.23. The fraction of sp³-hybridized carbons (Fsp3) is 0.417. The number of nitrogens with zero attached hydrogens (tertiary/aromatic N) is 1. The summed E-state index contributed by atoms with van der Waals surface area (Å²) < 4.78 is 27.5. The van der Waals surface area contributed by atoms with Gasteiger partial charge in [0.25, 0.3) is 0 Å². The Morgan fingerprint density at radius 2 is 2.00 bits per heavy atom. The van der Waals surface area contributed by atoms with E-state index in [2.05, 4.69) is 0 Å². The third kappa shape index (κ3) is 2.09. The van der Waals surface area contributed by atoms with Gasteiger partial charge in [-0.25, -0.2) is 13.6 Å². The highest BCUT2D eigenvalue weighted by molar-refractivity contribution is 5.88. The van der Waals surface area contributed by atoms with E-state index in [0.717, 1.165) is 25.0 Å². The molecule has 1 saturated heterocycles. The van der Waals surface area contributed by atoms with E-state index in [-0.39, 0.29) is 17.3 Å². The van der Waals surface area contributed by atoms with Crippen molar-refractivity contribution in [2.75, 3.05) is 11.4 Å². The van der Waals surface area contributed by atoms with Gasteiger partial charge in [0.2, 0.25) is 0 Å². The van der Waals surface area contributed by atoms with Gasteiger partial charge in [-0.3, -0.25) is 0 Å². The number of anilines is 1. The van der Waals surface area contributed by atoms with Crippen molar-refractivity contribution in [2.24, 2.45) is 0 Å². The van der Waals surface area contributed by atoms with Crippen molar-refractivity contribution in [1.29, 1.82) is 0 Å². The molecule has 0 saturated carbocycles. The average Bonchev–Trinajstić information content (AvgIpc) is 2.64. The second-order valence-corrected chi connectivity index (χ2v) is 4.28. The minimum atomic E-state index is -1.33. The van der Waals surface area contributed by atoms with Crippen LogP contribution in [0.25, 0.3) is 0 Å². The summed E-state index contributed by atoms with van der Waals surface area (Å²) in [4.78, 5) is 12.3. The number of hydrogen-bond donors (Lipinski definition) is 1. The number of benzene rings is 1. The summed E-state index contributed by atoms with van der Waals surface area (Å²) in [6.45, 7) is 2.50. The van der Waals surface area contributed by atoms with Crippen LogP contribution in [0.5, 0.6) is 0 Å². The molecule has 1 aromatic rings. The van der Waals surface area contributed by atoms with Crippen LogP contribution in [0.4, 0.5) is 14.5 Å². The SMILES string of the molecule is CC1CCCN1c1c(F)cc(C(=O)O)cc1F. The van der Waals surface area contributed by atoms with Crippen LogP contribution >= 0.6 is 0 Å². The number of carboxylic acids is 1. The normalized spacial score (nSPS) is 19.7. The van der Waals surface area contributed by atoms with Crippen molar-refractivity contribution in [3.63, 3.8) is 0 Å². The molecule has 0 radical (unpaired) electrons. The summed E-state index contributed by atoms with van der Waals surface area (Å²) in [6, 6.07) is 1.81. The summed E-state index contributed by atoms with van der Waals surface area (Å²) in [6.07, 6.45) is 1.78. The lowest BCUT2D eigenvalue weighted by Crippen LogP contribution is -2.28. The first-order valence-corrected chi connectivity index (χ1v) is 5.49. The van der Waals surface area contributed by atoms with Gasteiger partial charge < -0.3 is 10.0 Å². The summed E-state index contributed by atoms with van der Waals surface area (Å²) in [5.74, 6) is -2.95. The van der Waals surface area contributed by atoms with Crippen LogP contribution in [0, 0.1) is 11.6 Å². The van der Waals surface area contributed by atoms with Gasteiger partial charge in [-0.1, -0.05) is 0 Å². The lowest BCUT2D eigenvalue weighted by Gasteiger charge is -2.24. The van der Waals surface area contributed by atoms with Crippen molar-refractivity contribution in [3.8, 4) is 0 Å². The quantitative estimate of drug-likeness (QED) is 0.865. The molecule has 1 heterocycles. The topological polar surface area (TPSA) is 40.5 Å². The van der Waals surface area contributed by atoms with Crippen molar-refractivity contribution in [2.45, 2.75) is 25.8 Å². The van der Waals surface area contributed by atoms with E-state index in [1.807, 2.05) is 6.92 Å². The minimum absolute atomic E-state index is 0.0784. The van der Waals surface area contributed by atoms with Gasteiger partial charge in [0.15, 0.2) is 0 Å². The Kier molecular flexibility index (Phi) is 3.00. The molecule has 5 heteroatoms. The third-order valence-corrected chi connectivity index (χ3v) is 3.10. The van der Waals surface area contributed by atoms with E-state index >= 15 is 0 Å². The van der Waals surface area contributed by atoms with E-state index in [1.54, 1.807) is 4.90 Å². The Hall–Kier alpha value is -1.65. The second kappa shape index (κ2) is 4.31. The number of halogens is 2. The summed E-state index contributed by atoms with van der Waals surface area (Å²) in [7, 11) is 0. The fourth-order valence-electron chi connectivity index (χ4n) is 2.23. The predicted octanol–water partition coefficient (Wildman–Crippen LogP) is 2.65. The first-order chi connectivity index (χ1) is 8.00. The van der Waals surface area contributed by atoms with Crippen LogP contribution in [-0.2, 0) is 0 Å². The van der Waals surface area contributed by atoms with Crippen LogP contribution in [0.2, 0.25) is 0 Å². The lowest BCUT2D eigenvalue weighted by molar-refractivity contribution is 0.0696. The zero-order valence-corrected chi connectivity index (χ0v) is 9.41. The van der Waals surface area contributed by atoms with Gasteiger partial charge in [0.1, 0.15) is 17.3 Å². The largest absolute Gasteiger partial charge is 0.478 e. The molecular formula is C12H13F2NO2. The van der Waals surface area contributed by atoms with Crippen molar-refractivity contribution in [1.82, 2.24) is 0 Å². The molecule has 1 N–H and O–H groups in total. The summed E-state index contributed by atoms with van der Waals surface area (Å²) in [5, 5.41) is 8.69. The van der Waals surface area contributed by atoms with E-state index in [9.17, 15) is 13.6 Å². The number of hydrogen-bond acceptors (Lipinski definition) is 2. The first kappa shape index (κ1) is 11.8. The number of carboxylic acid groups (broad SMARTS) is 1. The molecule has 3 nitrogen and oxygen atoms in total.